The maximum atomic E-state index is 14.3. The van der Waals surface area contributed by atoms with Crippen LogP contribution in [0.1, 0.15) is 23.5 Å². The van der Waals surface area contributed by atoms with Crippen LogP contribution in [0.5, 0.6) is 5.75 Å². The van der Waals surface area contributed by atoms with Gasteiger partial charge in [0.05, 0.1) is 6.54 Å². The lowest BCUT2D eigenvalue weighted by atomic mass is 9.88. The first-order valence-electron chi connectivity index (χ1n) is 8.02. The predicted octanol–water partition coefficient (Wildman–Crippen LogP) is 4.07. The molecular formula is C19H20FNO3. The fourth-order valence-electron chi connectivity index (χ4n) is 3.01. The highest BCUT2D eigenvalue weighted by Gasteiger charge is 2.32. The molecule has 1 N–H and O–H groups in total. The molecule has 0 saturated carbocycles. The van der Waals surface area contributed by atoms with E-state index in [4.69, 9.17) is 9.84 Å². The lowest BCUT2D eigenvalue weighted by molar-refractivity contribution is 0.0963. The zero-order chi connectivity index (χ0) is 16.9. The molecular weight excluding hydrogens is 309 g/mol. The lowest BCUT2D eigenvalue weighted by Crippen LogP contribution is -2.43. The number of hydrogen-bond acceptors (Lipinski definition) is 2. The molecule has 5 heteroatoms. The SMILES string of the molecule is O=C(O)N1CCC(c2ccc(OCc3ccccc3)cc2)C(F)C1. The van der Waals surface area contributed by atoms with E-state index in [9.17, 15) is 9.18 Å². The zero-order valence-electron chi connectivity index (χ0n) is 13.3. The lowest BCUT2D eigenvalue weighted by Gasteiger charge is -2.33. The van der Waals surface area contributed by atoms with Crippen LogP contribution in [0.4, 0.5) is 9.18 Å². The molecule has 2 unspecified atom stereocenters. The van der Waals surface area contributed by atoms with Gasteiger partial charge in [-0.15, -0.1) is 0 Å². The predicted molar refractivity (Wildman–Crippen MR) is 89.1 cm³/mol. The summed E-state index contributed by atoms with van der Waals surface area (Å²) in [5, 5.41) is 8.94. The number of ether oxygens (including phenoxy) is 1. The van der Waals surface area contributed by atoms with Gasteiger partial charge in [-0.05, 0) is 29.7 Å². The standard InChI is InChI=1S/C19H20FNO3/c20-18-12-21(19(22)23)11-10-17(18)15-6-8-16(9-7-15)24-13-14-4-2-1-3-5-14/h1-9,17-18H,10-13H2,(H,22,23). The molecule has 2 atom stereocenters. The fourth-order valence-corrected chi connectivity index (χ4v) is 3.01. The summed E-state index contributed by atoms with van der Waals surface area (Å²) in [6.07, 6.45) is -1.73. The van der Waals surface area contributed by atoms with Crippen LogP contribution < -0.4 is 4.74 Å². The Morgan fingerprint density at radius 2 is 1.88 bits per heavy atom. The second-order valence-corrected chi connectivity index (χ2v) is 5.98. The van der Waals surface area contributed by atoms with E-state index in [0.717, 1.165) is 21.8 Å². The maximum absolute atomic E-state index is 14.3. The van der Waals surface area contributed by atoms with Gasteiger partial charge in [-0.2, -0.15) is 0 Å². The number of piperidine rings is 1. The minimum atomic E-state index is -1.18. The van der Waals surface area contributed by atoms with Gasteiger partial charge >= 0.3 is 6.09 Å². The number of halogens is 1. The Morgan fingerprint density at radius 3 is 2.50 bits per heavy atom. The minimum Gasteiger partial charge on any atom is -0.489 e. The van der Waals surface area contributed by atoms with E-state index in [-0.39, 0.29) is 12.5 Å². The third-order valence-electron chi connectivity index (χ3n) is 4.37. The molecule has 0 radical (unpaired) electrons. The van der Waals surface area contributed by atoms with Gasteiger partial charge in [0, 0.05) is 12.5 Å². The number of hydrogen-bond donors (Lipinski definition) is 1. The summed E-state index contributed by atoms with van der Waals surface area (Å²) >= 11 is 0. The first kappa shape index (κ1) is 16.3. The molecule has 1 aliphatic heterocycles. The van der Waals surface area contributed by atoms with Crippen molar-refractivity contribution >= 4 is 6.09 Å². The van der Waals surface area contributed by atoms with E-state index >= 15 is 0 Å². The van der Waals surface area contributed by atoms with Crippen LogP contribution in [0, 0.1) is 0 Å². The molecule has 1 heterocycles. The summed E-state index contributed by atoms with van der Waals surface area (Å²) in [5.74, 6) is 0.477. The summed E-state index contributed by atoms with van der Waals surface area (Å²) < 4.78 is 20.0. The normalized spacial score (nSPS) is 20.6. The van der Waals surface area contributed by atoms with Crippen molar-refractivity contribution in [1.82, 2.24) is 4.90 Å². The quantitative estimate of drug-likeness (QED) is 0.920. The number of likely N-dealkylation sites (tertiary alicyclic amines) is 1. The van der Waals surface area contributed by atoms with Crippen molar-refractivity contribution in [2.75, 3.05) is 13.1 Å². The molecule has 4 nitrogen and oxygen atoms in total. The Hall–Kier alpha value is -2.56. The van der Waals surface area contributed by atoms with Crippen molar-refractivity contribution in [3.8, 4) is 5.75 Å². The van der Waals surface area contributed by atoms with E-state index in [0.29, 0.717) is 19.6 Å². The highest BCUT2D eigenvalue weighted by molar-refractivity contribution is 5.65. The second kappa shape index (κ2) is 7.34. The van der Waals surface area contributed by atoms with Gasteiger partial charge in [0.2, 0.25) is 0 Å². The molecule has 126 valence electrons. The first-order chi connectivity index (χ1) is 11.6. The average molecular weight is 329 g/mol. The number of nitrogens with zero attached hydrogens (tertiary/aromatic N) is 1. The second-order valence-electron chi connectivity index (χ2n) is 5.98. The summed E-state index contributed by atoms with van der Waals surface area (Å²) in [6.45, 7) is 0.794. The Balaban J connectivity index is 1.59. The number of alkyl halides is 1. The number of carbonyl (C=O) groups is 1. The van der Waals surface area contributed by atoms with E-state index in [2.05, 4.69) is 0 Å². The van der Waals surface area contributed by atoms with Crippen LogP contribution in [0.3, 0.4) is 0 Å². The summed E-state index contributed by atoms with van der Waals surface area (Å²) in [4.78, 5) is 12.1. The molecule has 24 heavy (non-hydrogen) atoms. The largest absolute Gasteiger partial charge is 0.489 e. The van der Waals surface area contributed by atoms with Crippen LogP contribution in [0.2, 0.25) is 0 Å². The Bertz CT molecular complexity index is 675. The highest BCUT2D eigenvalue weighted by atomic mass is 19.1. The van der Waals surface area contributed by atoms with Crippen LogP contribution in [0.25, 0.3) is 0 Å². The average Bonchev–Trinajstić information content (AvgIpc) is 2.61. The molecule has 0 bridgehead atoms. The third-order valence-corrected chi connectivity index (χ3v) is 4.37. The van der Waals surface area contributed by atoms with Crippen molar-refractivity contribution in [1.29, 1.82) is 0 Å². The Labute approximate surface area is 140 Å². The smallest absolute Gasteiger partial charge is 0.407 e. The number of amides is 1. The van der Waals surface area contributed by atoms with E-state index in [1.54, 1.807) is 0 Å². The van der Waals surface area contributed by atoms with Crippen LogP contribution in [-0.4, -0.2) is 35.4 Å². The van der Waals surface area contributed by atoms with Crippen molar-refractivity contribution in [3.63, 3.8) is 0 Å². The summed E-state index contributed by atoms with van der Waals surface area (Å²) in [5.41, 5.74) is 1.98. The molecule has 0 aliphatic carbocycles. The zero-order valence-corrected chi connectivity index (χ0v) is 13.3. The number of carboxylic acid groups (broad SMARTS) is 1. The van der Waals surface area contributed by atoms with Gasteiger partial charge in [-0.1, -0.05) is 42.5 Å². The van der Waals surface area contributed by atoms with Gasteiger partial charge in [-0.25, -0.2) is 9.18 Å². The number of rotatable bonds is 4. The van der Waals surface area contributed by atoms with Gasteiger partial charge in [0.15, 0.2) is 0 Å². The van der Waals surface area contributed by atoms with Crippen molar-refractivity contribution < 1.29 is 19.0 Å². The monoisotopic (exact) mass is 329 g/mol. The Kier molecular flexibility index (Phi) is 4.99. The molecule has 1 aliphatic rings. The molecule has 2 aromatic carbocycles. The first-order valence-corrected chi connectivity index (χ1v) is 8.02. The van der Waals surface area contributed by atoms with E-state index < -0.39 is 12.3 Å². The topological polar surface area (TPSA) is 49.8 Å². The summed E-state index contributed by atoms with van der Waals surface area (Å²) in [7, 11) is 0. The minimum absolute atomic E-state index is 0.0632. The fraction of sp³-hybridized carbons (Fsp3) is 0.316. The summed E-state index contributed by atoms with van der Waals surface area (Å²) in [6, 6.07) is 17.3. The van der Waals surface area contributed by atoms with E-state index in [1.807, 2.05) is 54.6 Å². The molecule has 1 amide bonds. The molecule has 1 saturated heterocycles. The van der Waals surface area contributed by atoms with Crippen LogP contribution >= 0.6 is 0 Å². The van der Waals surface area contributed by atoms with Crippen molar-refractivity contribution in [2.45, 2.75) is 25.1 Å². The molecule has 0 spiro atoms. The van der Waals surface area contributed by atoms with Crippen molar-refractivity contribution in [2.24, 2.45) is 0 Å². The molecule has 3 rings (SSSR count). The van der Waals surface area contributed by atoms with Gasteiger partial charge in [0.1, 0.15) is 18.5 Å². The highest BCUT2D eigenvalue weighted by Crippen LogP contribution is 2.31. The molecule has 2 aromatic rings. The molecule has 1 fully saturated rings. The van der Waals surface area contributed by atoms with Gasteiger partial charge in [0.25, 0.3) is 0 Å². The van der Waals surface area contributed by atoms with Crippen LogP contribution in [-0.2, 0) is 6.61 Å². The maximum Gasteiger partial charge on any atom is 0.407 e. The van der Waals surface area contributed by atoms with Gasteiger partial charge in [-0.3, -0.25) is 0 Å². The van der Waals surface area contributed by atoms with E-state index in [1.165, 1.54) is 0 Å². The van der Waals surface area contributed by atoms with Crippen molar-refractivity contribution in [3.05, 3.63) is 65.7 Å². The van der Waals surface area contributed by atoms with Crippen LogP contribution in [0.15, 0.2) is 54.6 Å². The molecule has 0 aromatic heterocycles. The number of benzene rings is 2. The Morgan fingerprint density at radius 1 is 1.17 bits per heavy atom. The third kappa shape index (κ3) is 3.85. The van der Waals surface area contributed by atoms with Gasteiger partial charge < -0.3 is 14.7 Å².